The molecule has 11 heavy (non-hydrogen) atoms. The van der Waals surface area contributed by atoms with Crippen molar-refractivity contribution in [2.24, 2.45) is 0 Å². The minimum absolute atomic E-state index is 0.212. The second-order valence-electron chi connectivity index (χ2n) is 2.44. The highest BCUT2D eigenvalue weighted by molar-refractivity contribution is 5.42. The third-order valence-corrected chi connectivity index (χ3v) is 1.24. The number of aromatic nitrogens is 1. The van der Waals surface area contributed by atoms with Gasteiger partial charge in [-0.05, 0) is 5.16 Å². The van der Waals surface area contributed by atoms with E-state index in [1.807, 2.05) is 13.8 Å². The molecule has 0 aliphatic carbocycles. The van der Waals surface area contributed by atoms with E-state index in [-0.39, 0.29) is 11.8 Å². The number of carbonyl (C=O) groups excluding carboxylic acids is 1. The fourth-order valence-corrected chi connectivity index (χ4v) is 0.649. The third kappa shape index (κ3) is 1.80. The van der Waals surface area contributed by atoms with Gasteiger partial charge in [0.05, 0.1) is 0 Å². The quantitative estimate of drug-likeness (QED) is 0.618. The molecule has 0 saturated heterocycles. The van der Waals surface area contributed by atoms with Crippen molar-refractivity contribution >= 4 is 6.47 Å². The van der Waals surface area contributed by atoms with Gasteiger partial charge in [-0.1, -0.05) is 13.8 Å². The number of nitrogens with zero attached hydrogens (tertiary/aromatic N) is 1. The number of rotatable bonds is 3. The molecular weight excluding hydrogens is 146 g/mol. The van der Waals surface area contributed by atoms with Crippen molar-refractivity contribution < 1.29 is 14.1 Å². The molecule has 4 nitrogen and oxygen atoms in total. The maximum Gasteiger partial charge on any atom is 0.299 e. The monoisotopic (exact) mass is 155 g/mol. The highest BCUT2D eigenvalue weighted by Gasteiger charge is 2.07. The summed E-state index contributed by atoms with van der Waals surface area (Å²) in [6.45, 7) is 4.25. The first-order chi connectivity index (χ1) is 5.24. The molecule has 0 aromatic carbocycles. The predicted octanol–water partition coefficient (Wildman–Crippen LogP) is 1.33. The Bertz CT molecular complexity index is 242. The summed E-state index contributed by atoms with van der Waals surface area (Å²) >= 11 is 0. The van der Waals surface area contributed by atoms with Gasteiger partial charge in [0.2, 0.25) is 0 Å². The number of carbonyl (C=O) groups is 1. The summed E-state index contributed by atoms with van der Waals surface area (Å²) in [5.41, 5.74) is 0. The fraction of sp³-hybridized carbons (Fsp3) is 0.429. The van der Waals surface area contributed by atoms with Gasteiger partial charge in [0.25, 0.3) is 12.4 Å². The maximum atomic E-state index is 9.85. The molecule has 0 radical (unpaired) electrons. The van der Waals surface area contributed by atoms with Crippen LogP contribution in [0.25, 0.3) is 0 Å². The molecule has 0 N–H and O–H groups in total. The van der Waals surface area contributed by atoms with E-state index in [1.54, 1.807) is 6.07 Å². The molecule has 1 heterocycles. The lowest BCUT2D eigenvalue weighted by Crippen LogP contribution is -1.86. The normalized spacial score (nSPS) is 10.1. The van der Waals surface area contributed by atoms with Crippen molar-refractivity contribution in [1.82, 2.24) is 5.16 Å². The standard InChI is InChI=1S/C7H9NO3/c1-5(2)6-3-7(8-11-6)10-4-9/h3-5H,1-2H3. The van der Waals surface area contributed by atoms with Gasteiger partial charge in [-0.2, -0.15) is 0 Å². The van der Waals surface area contributed by atoms with Crippen molar-refractivity contribution in [3.05, 3.63) is 11.8 Å². The zero-order valence-electron chi connectivity index (χ0n) is 6.40. The largest absolute Gasteiger partial charge is 0.406 e. The summed E-state index contributed by atoms with van der Waals surface area (Å²) in [7, 11) is 0. The molecule has 0 bridgehead atoms. The summed E-state index contributed by atoms with van der Waals surface area (Å²) in [6, 6.07) is 1.60. The smallest absolute Gasteiger partial charge is 0.299 e. The molecular formula is C7H9NO3. The molecule has 0 saturated carbocycles. The molecule has 0 fully saturated rings. The van der Waals surface area contributed by atoms with Crippen molar-refractivity contribution in [2.45, 2.75) is 19.8 Å². The second kappa shape index (κ2) is 3.18. The Morgan fingerprint density at radius 1 is 1.73 bits per heavy atom. The first-order valence-corrected chi connectivity index (χ1v) is 3.31. The summed E-state index contributed by atoms with van der Waals surface area (Å²) in [5.74, 6) is 1.18. The van der Waals surface area contributed by atoms with Gasteiger partial charge in [-0.15, -0.1) is 0 Å². The Balaban J connectivity index is 2.73. The van der Waals surface area contributed by atoms with Crippen LogP contribution < -0.4 is 4.74 Å². The van der Waals surface area contributed by atoms with Crippen LogP contribution in [0, 0.1) is 0 Å². The Morgan fingerprint density at radius 3 is 2.91 bits per heavy atom. The summed E-state index contributed by atoms with van der Waals surface area (Å²) < 4.78 is 9.30. The topological polar surface area (TPSA) is 52.3 Å². The van der Waals surface area contributed by atoms with Crippen LogP contribution in [-0.2, 0) is 4.79 Å². The molecule has 60 valence electrons. The lowest BCUT2D eigenvalue weighted by Gasteiger charge is -1.92. The zero-order chi connectivity index (χ0) is 8.27. The van der Waals surface area contributed by atoms with Gasteiger partial charge in [-0.25, -0.2) is 0 Å². The SMILES string of the molecule is CC(C)c1cc(OC=O)no1. The van der Waals surface area contributed by atoms with Gasteiger partial charge in [0, 0.05) is 12.0 Å². The van der Waals surface area contributed by atoms with Crippen LogP contribution in [0.15, 0.2) is 10.6 Å². The van der Waals surface area contributed by atoms with Gasteiger partial charge in [-0.3, -0.25) is 4.79 Å². The van der Waals surface area contributed by atoms with Crippen LogP contribution in [0.5, 0.6) is 5.88 Å². The van der Waals surface area contributed by atoms with E-state index in [0.717, 1.165) is 0 Å². The van der Waals surface area contributed by atoms with Gasteiger partial charge < -0.3 is 9.26 Å². The Morgan fingerprint density at radius 2 is 2.45 bits per heavy atom. The lowest BCUT2D eigenvalue weighted by molar-refractivity contribution is -0.121. The van der Waals surface area contributed by atoms with E-state index in [2.05, 4.69) is 9.89 Å². The molecule has 0 aliphatic rings. The molecule has 0 spiro atoms. The minimum Gasteiger partial charge on any atom is -0.406 e. The highest BCUT2D eigenvalue weighted by Crippen LogP contribution is 2.18. The Labute approximate surface area is 64.1 Å². The Hall–Kier alpha value is -1.32. The molecule has 0 aliphatic heterocycles. The van der Waals surface area contributed by atoms with E-state index in [4.69, 9.17) is 4.52 Å². The number of hydrogen-bond donors (Lipinski definition) is 0. The van der Waals surface area contributed by atoms with E-state index in [1.165, 1.54) is 0 Å². The van der Waals surface area contributed by atoms with Gasteiger partial charge >= 0.3 is 0 Å². The lowest BCUT2D eigenvalue weighted by atomic mass is 10.2. The minimum atomic E-state index is 0.212. The van der Waals surface area contributed by atoms with E-state index < -0.39 is 0 Å². The Kier molecular flexibility index (Phi) is 2.25. The first-order valence-electron chi connectivity index (χ1n) is 3.31. The maximum absolute atomic E-state index is 9.85. The van der Waals surface area contributed by atoms with Crippen LogP contribution in [0.4, 0.5) is 0 Å². The van der Waals surface area contributed by atoms with E-state index in [0.29, 0.717) is 12.2 Å². The molecule has 0 unspecified atom stereocenters. The van der Waals surface area contributed by atoms with Crippen molar-refractivity contribution in [2.75, 3.05) is 0 Å². The van der Waals surface area contributed by atoms with Crippen LogP contribution >= 0.6 is 0 Å². The highest BCUT2D eigenvalue weighted by atomic mass is 16.6. The van der Waals surface area contributed by atoms with E-state index in [9.17, 15) is 4.79 Å². The first kappa shape index (κ1) is 7.78. The molecule has 1 rings (SSSR count). The summed E-state index contributed by atoms with van der Waals surface area (Å²) in [6.07, 6.45) is 0. The van der Waals surface area contributed by atoms with Crippen molar-refractivity contribution in [1.29, 1.82) is 0 Å². The van der Waals surface area contributed by atoms with Crippen molar-refractivity contribution in [3.63, 3.8) is 0 Å². The summed E-state index contributed by atoms with van der Waals surface area (Å²) in [4.78, 5) is 9.85. The second-order valence-corrected chi connectivity index (χ2v) is 2.44. The third-order valence-electron chi connectivity index (χ3n) is 1.24. The molecule has 4 heteroatoms. The van der Waals surface area contributed by atoms with E-state index >= 15 is 0 Å². The zero-order valence-corrected chi connectivity index (χ0v) is 6.40. The predicted molar refractivity (Wildman–Crippen MR) is 37.3 cm³/mol. The van der Waals surface area contributed by atoms with Crippen LogP contribution in [0.2, 0.25) is 0 Å². The molecule has 0 amide bonds. The van der Waals surface area contributed by atoms with Crippen LogP contribution in [0.1, 0.15) is 25.5 Å². The summed E-state index contributed by atoms with van der Waals surface area (Å²) in [5, 5.41) is 3.50. The van der Waals surface area contributed by atoms with Crippen LogP contribution in [-0.4, -0.2) is 11.6 Å². The molecule has 0 atom stereocenters. The molecule has 1 aromatic heterocycles. The number of hydrogen-bond acceptors (Lipinski definition) is 4. The van der Waals surface area contributed by atoms with Crippen molar-refractivity contribution in [3.8, 4) is 5.88 Å². The van der Waals surface area contributed by atoms with Gasteiger partial charge in [0.1, 0.15) is 5.76 Å². The average Bonchev–Trinajstić information content (AvgIpc) is 2.37. The average molecular weight is 155 g/mol. The number of ether oxygens (including phenoxy) is 1. The fourth-order valence-electron chi connectivity index (χ4n) is 0.649. The van der Waals surface area contributed by atoms with Gasteiger partial charge in [0.15, 0.2) is 0 Å². The molecule has 1 aromatic rings. The van der Waals surface area contributed by atoms with Crippen LogP contribution in [0.3, 0.4) is 0 Å².